The topological polar surface area (TPSA) is 110 Å². The van der Waals surface area contributed by atoms with Gasteiger partial charge in [0.15, 0.2) is 0 Å². The lowest BCUT2D eigenvalue weighted by Crippen LogP contribution is -2.40. The van der Waals surface area contributed by atoms with Gasteiger partial charge in [-0.05, 0) is 57.2 Å². The number of hydrogen-bond acceptors (Lipinski definition) is 4. The fourth-order valence-electron chi connectivity index (χ4n) is 2.51. The zero-order valence-corrected chi connectivity index (χ0v) is 14.0. The second-order valence-corrected chi connectivity index (χ2v) is 6.90. The first-order valence-corrected chi connectivity index (χ1v) is 7.88. The Balaban J connectivity index is 2.65. The minimum Gasteiger partial charge on any atom is -0.391 e. The van der Waals surface area contributed by atoms with Crippen molar-refractivity contribution in [3.63, 3.8) is 0 Å². The quantitative estimate of drug-likeness (QED) is 0.540. The molecule has 0 saturated heterocycles. The van der Waals surface area contributed by atoms with E-state index in [0.29, 0.717) is 18.4 Å². The third-order valence-corrected chi connectivity index (χ3v) is 3.92. The van der Waals surface area contributed by atoms with Crippen molar-refractivity contribution in [3.8, 4) is 0 Å². The Kier molecular flexibility index (Phi) is 7.26. The van der Waals surface area contributed by atoms with Crippen LogP contribution in [0.4, 0.5) is 8.78 Å². The number of hydrogen-bond donors (Lipinski definition) is 4. The van der Waals surface area contributed by atoms with Crippen molar-refractivity contribution < 1.29 is 23.8 Å². The van der Waals surface area contributed by atoms with E-state index < -0.39 is 41.2 Å². The smallest absolute Gasteiger partial charge is 0.220 e. The Morgan fingerprint density at radius 3 is 2.25 bits per heavy atom. The molecule has 0 bridgehead atoms. The van der Waals surface area contributed by atoms with Gasteiger partial charge >= 0.3 is 0 Å². The Labute approximate surface area is 140 Å². The molecule has 0 aliphatic carbocycles. The van der Waals surface area contributed by atoms with E-state index in [1.165, 1.54) is 0 Å². The number of aliphatic hydroxyl groups excluding tert-OH is 1. The van der Waals surface area contributed by atoms with Crippen LogP contribution in [-0.4, -0.2) is 33.9 Å². The molecule has 0 saturated carbocycles. The van der Waals surface area contributed by atoms with Gasteiger partial charge < -0.3 is 21.7 Å². The molecule has 0 aliphatic rings. The fourth-order valence-corrected chi connectivity index (χ4v) is 2.51. The summed E-state index contributed by atoms with van der Waals surface area (Å²) >= 11 is 0. The Hall–Kier alpha value is -1.57. The molecule has 1 amide bonds. The maximum atomic E-state index is 13.2. The number of primary amides is 1. The monoisotopic (exact) mass is 344 g/mol. The first-order chi connectivity index (χ1) is 11.0. The highest BCUT2D eigenvalue weighted by Crippen LogP contribution is 2.21. The maximum Gasteiger partial charge on any atom is 0.220 e. The van der Waals surface area contributed by atoms with Gasteiger partial charge in [0.2, 0.25) is 5.91 Å². The third kappa shape index (κ3) is 7.33. The average Bonchev–Trinajstić information content (AvgIpc) is 2.40. The largest absolute Gasteiger partial charge is 0.391 e. The van der Waals surface area contributed by atoms with Crippen LogP contribution in [0.2, 0.25) is 0 Å². The van der Waals surface area contributed by atoms with Gasteiger partial charge in [0.05, 0.1) is 11.7 Å². The normalized spacial score (nSPS) is 15.8. The number of rotatable bonds is 9. The summed E-state index contributed by atoms with van der Waals surface area (Å²) in [6.45, 7) is 3.23. The Morgan fingerprint density at radius 1 is 1.25 bits per heavy atom. The molecular weight excluding hydrogens is 318 g/mol. The summed E-state index contributed by atoms with van der Waals surface area (Å²) in [4.78, 5) is 11.5. The van der Waals surface area contributed by atoms with Crippen LogP contribution in [0.1, 0.15) is 38.7 Å². The number of carbonyl (C=O) groups is 1. The molecule has 1 aromatic rings. The summed E-state index contributed by atoms with van der Waals surface area (Å²) < 4.78 is 26.4. The van der Waals surface area contributed by atoms with Crippen LogP contribution >= 0.6 is 0 Å². The maximum absolute atomic E-state index is 13.2. The van der Waals surface area contributed by atoms with Gasteiger partial charge in [-0.1, -0.05) is 0 Å². The van der Waals surface area contributed by atoms with Crippen LogP contribution in [0.25, 0.3) is 0 Å². The number of benzene rings is 1. The summed E-state index contributed by atoms with van der Waals surface area (Å²) in [5.74, 6) is -2.65. The van der Waals surface area contributed by atoms with E-state index >= 15 is 0 Å². The second kappa shape index (κ2) is 8.50. The molecule has 0 unspecified atom stereocenters. The predicted octanol–water partition coefficient (Wildman–Crippen LogP) is 1.24. The van der Waals surface area contributed by atoms with Crippen molar-refractivity contribution in [1.82, 2.24) is 0 Å². The molecule has 7 heteroatoms. The molecule has 0 aliphatic heterocycles. The van der Waals surface area contributed by atoms with Gasteiger partial charge in [-0.25, -0.2) is 8.78 Å². The molecular formula is C17H26F2N2O3. The molecule has 0 fully saturated rings. The molecule has 0 heterocycles. The highest BCUT2D eigenvalue weighted by atomic mass is 19.1. The molecule has 0 aromatic heterocycles. The van der Waals surface area contributed by atoms with Crippen LogP contribution < -0.4 is 11.5 Å². The van der Waals surface area contributed by atoms with Crippen molar-refractivity contribution in [2.45, 2.75) is 57.3 Å². The summed E-state index contributed by atoms with van der Waals surface area (Å²) in [5.41, 5.74) is 10.6. The van der Waals surface area contributed by atoms with Gasteiger partial charge in [-0.3, -0.25) is 4.79 Å². The van der Waals surface area contributed by atoms with E-state index in [9.17, 15) is 23.8 Å². The van der Waals surface area contributed by atoms with Crippen LogP contribution in [0.15, 0.2) is 18.2 Å². The second-order valence-electron chi connectivity index (χ2n) is 6.90. The molecule has 1 aromatic carbocycles. The van der Waals surface area contributed by atoms with Crippen molar-refractivity contribution in [1.29, 1.82) is 0 Å². The summed E-state index contributed by atoms with van der Waals surface area (Å²) in [6.07, 6.45) is -0.304. The van der Waals surface area contributed by atoms with Gasteiger partial charge in [-0.2, -0.15) is 0 Å². The Bertz CT molecular complexity index is 541. The van der Waals surface area contributed by atoms with Crippen molar-refractivity contribution >= 4 is 5.91 Å². The SMILES string of the molecule is CC(C)(O)CC[C@H](C[C@H](O)[C@@H](N)Cc1cc(F)cc(F)c1)C(N)=O. The fraction of sp³-hybridized carbons (Fsp3) is 0.588. The van der Waals surface area contributed by atoms with Crippen LogP contribution in [0.5, 0.6) is 0 Å². The first kappa shape index (κ1) is 20.5. The molecule has 0 spiro atoms. The first-order valence-electron chi connectivity index (χ1n) is 7.88. The molecule has 0 radical (unpaired) electrons. The number of nitrogens with two attached hydrogens (primary N) is 2. The van der Waals surface area contributed by atoms with E-state index in [-0.39, 0.29) is 12.8 Å². The van der Waals surface area contributed by atoms with Gasteiger partial charge in [-0.15, -0.1) is 0 Å². The van der Waals surface area contributed by atoms with E-state index in [1.807, 2.05) is 0 Å². The number of amides is 1. The van der Waals surface area contributed by atoms with Crippen LogP contribution in [0, 0.1) is 17.6 Å². The Morgan fingerprint density at radius 2 is 1.79 bits per heavy atom. The van der Waals surface area contributed by atoms with Crippen LogP contribution in [-0.2, 0) is 11.2 Å². The average molecular weight is 344 g/mol. The van der Waals surface area contributed by atoms with Gasteiger partial charge in [0, 0.05) is 18.0 Å². The number of aliphatic hydroxyl groups is 2. The summed E-state index contributed by atoms with van der Waals surface area (Å²) in [7, 11) is 0. The molecule has 24 heavy (non-hydrogen) atoms. The molecule has 1 rings (SSSR count). The van der Waals surface area contributed by atoms with Gasteiger partial charge in [0.1, 0.15) is 11.6 Å². The molecule has 3 atom stereocenters. The van der Waals surface area contributed by atoms with Crippen LogP contribution in [0.3, 0.4) is 0 Å². The standard InChI is InChI=1S/C17H26F2N2O3/c1-17(2,24)4-3-11(16(21)23)8-15(22)14(20)7-10-5-12(18)9-13(19)6-10/h5-6,9,11,14-15,22,24H,3-4,7-8,20H2,1-2H3,(H2,21,23)/t11-,14+,15+/m1/s1. The van der Waals surface area contributed by atoms with E-state index in [0.717, 1.165) is 18.2 Å². The lowest BCUT2D eigenvalue weighted by Gasteiger charge is -2.25. The summed E-state index contributed by atoms with van der Waals surface area (Å²) in [6, 6.07) is 2.26. The molecule has 136 valence electrons. The van der Waals surface area contributed by atoms with Crippen molar-refractivity contribution in [2.24, 2.45) is 17.4 Å². The lowest BCUT2D eigenvalue weighted by molar-refractivity contribution is -0.123. The minimum atomic E-state index is -1.06. The summed E-state index contributed by atoms with van der Waals surface area (Å²) in [5, 5.41) is 19.9. The zero-order valence-electron chi connectivity index (χ0n) is 14.0. The lowest BCUT2D eigenvalue weighted by atomic mass is 9.88. The van der Waals surface area contributed by atoms with E-state index in [4.69, 9.17) is 11.5 Å². The van der Waals surface area contributed by atoms with Crippen molar-refractivity contribution in [3.05, 3.63) is 35.4 Å². The highest BCUT2D eigenvalue weighted by molar-refractivity contribution is 5.76. The predicted molar refractivity (Wildman–Crippen MR) is 86.9 cm³/mol. The molecule has 5 nitrogen and oxygen atoms in total. The minimum absolute atomic E-state index is 0.0321. The van der Waals surface area contributed by atoms with E-state index in [2.05, 4.69) is 0 Å². The number of halogens is 2. The van der Waals surface area contributed by atoms with E-state index in [1.54, 1.807) is 13.8 Å². The zero-order chi connectivity index (χ0) is 18.5. The van der Waals surface area contributed by atoms with Gasteiger partial charge in [0.25, 0.3) is 0 Å². The third-order valence-electron chi connectivity index (χ3n) is 3.92. The highest BCUT2D eigenvalue weighted by Gasteiger charge is 2.26. The van der Waals surface area contributed by atoms with Crippen molar-refractivity contribution in [2.75, 3.05) is 0 Å². The molecule has 6 N–H and O–H groups in total. The number of carbonyl (C=O) groups excluding carboxylic acids is 1.